The van der Waals surface area contributed by atoms with E-state index in [9.17, 15) is 14.0 Å². The van der Waals surface area contributed by atoms with Gasteiger partial charge in [-0.15, -0.1) is 0 Å². The number of hydrogen-bond acceptors (Lipinski definition) is 7. The maximum Gasteiger partial charge on any atom is 0.320 e. The highest BCUT2D eigenvalue weighted by Gasteiger charge is 2.25. The summed E-state index contributed by atoms with van der Waals surface area (Å²) < 4.78 is 26.4. The topological polar surface area (TPSA) is 108 Å². The molecule has 0 bridgehead atoms. The molecule has 0 unspecified atom stereocenters. The largest absolute Gasteiger partial charge is 0.490 e. The highest BCUT2D eigenvalue weighted by Crippen LogP contribution is 2.27. The quantitative estimate of drug-likeness (QED) is 0.228. The van der Waals surface area contributed by atoms with Crippen LogP contribution in [0.15, 0.2) is 54.7 Å². The van der Waals surface area contributed by atoms with E-state index < -0.39 is 0 Å². The number of carbonyl (C=O) groups excluding carboxylic acids is 2. The van der Waals surface area contributed by atoms with Gasteiger partial charge in [0, 0.05) is 11.6 Å². The molecule has 3 aromatic rings. The number of nitrogen functional groups attached to an aromatic ring is 1. The highest BCUT2D eigenvalue weighted by atomic mass is 19.1. The number of nitrogens with zero attached hydrogens (tertiary/aromatic N) is 2. The lowest BCUT2D eigenvalue weighted by atomic mass is 9.93. The standard InChI is InChI=1S/C29H33FN4O4.C4H10/c30-20-8-12-22(13-9-20)34-29(31)26(17-33-34)28(36)19-4-3-7-25(16-19)37-24-14-10-21(11-15-24)32-18-27(35)38-23-5-1-2-6-23;1-4(2)3/h3-4,7-9,12-13,16-17,21,23-24,32H,1-2,5-6,10-11,14-15,18,31H2;4H,1-3H3. The molecule has 8 nitrogen and oxygen atoms in total. The maximum atomic E-state index is 13.3. The van der Waals surface area contributed by atoms with Gasteiger partial charge in [0.15, 0.2) is 5.78 Å². The summed E-state index contributed by atoms with van der Waals surface area (Å²) in [5.74, 6) is 0.846. The fourth-order valence-electron chi connectivity index (χ4n) is 5.23. The Kier molecular flexibility index (Phi) is 11.1. The first kappa shape index (κ1) is 31.2. The van der Waals surface area contributed by atoms with Crippen LogP contribution < -0.4 is 15.8 Å². The third-order valence-electron chi connectivity index (χ3n) is 7.33. The van der Waals surface area contributed by atoms with Crippen molar-refractivity contribution in [3.63, 3.8) is 0 Å². The monoisotopic (exact) mass is 578 g/mol. The van der Waals surface area contributed by atoms with E-state index in [4.69, 9.17) is 15.2 Å². The van der Waals surface area contributed by atoms with Crippen molar-refractivity contribution in [2.45, 2.75) is 90.4 Å². The smallest absolute Gasteiger partial charge is 0.320 e. The third kappa shape index (κ3) is 8.89. The summed E-state index contributed by atoms with van der Waals surface area (Å²) in [5, 5.41) is 7.55. The summed E-state index contributed by atoms with van der Waals surface area (Å²) in [4.78, 5) is 25.3. The van der Waals surface area contributed by atoms with Crippen molar-refractivity contribution in [2.24, 2.45) is 5.92 Å². The molecule has 2 aliphatic rings. The van der Waals surface area contributed by atoms with Crippen LogP contribution in [0.4, 0.5) is 10.2 Å². The van der Waals surface area contributed by atoms with E-state index in [1.54, 1.807) is 30.3 Å². The maximum absolute atomic E-state index is 13.3. The molecule has 0 atom stereocenters. The molecule has 5 rings (SSSR count). The molecule has 0 spiro atoms. The molecule has 9 heteroatoms. The molecule has 42 heavy (non-hydrogen) atoms. The van der Waals surface area contributed by atoms with Gasteiger partial charge in [0.1, 0.15) is 23.5 Å². The minimum absolute atomic E-state index is 0.0372. The lowest BCUT2D eigenvalue weighted by Gasteiger charge is -2.29. The van der Waals surface area contributed by atoms with Gasteiger partial charge in [-0.05, 0) is 93.7 Å². The molecule has 0 aliphatic heterocycles. The van der Waals surface area contributed by atoms with E-state index in [2.05, 4.69) is 31.2 Å². The number of hydrogen-bond donors (Lipinski definition) is 2. The molecule has 0 saturated heterocycles. The Morgan fingerprint density at radius 2 is 1.67 bits per heavy atom. The van der Waals surface area contributed by atoms with Crippen LogP contribution >= 0.6 is 0 Å². The number of aromatic nitrogens is 2. The number of benzene rings is 2. The summed E-state index contributed by atoms with van der Waals surface area (Å²) in [6, 6.07) is 13.1. The molecule has 1 heterocycles. The number of nitrogens with one attached hydrogen (secondary N) is 1. The molecule has 226 valence electrons. The second kappa shape index (κ2) is 15.0. The number of ether oxygens (including phenoxy) is 2. The Morgan fingerprint density at radius 3 is 2.33 bits per heavy atom. The average Bonchev–Trinajstić information content (AvgIpc) is 3.62. The number of rotatable bonds is 9. The summed E-state index contributed by atoms with van der Waals surface area (Å²) in [7, 11) is 0. The Morgan fingerprint density at radius 1 is 1.00 bits per heavy atom. The van der Waals surface area contributed by atoms with Crippen molar-refractivity contribution in [3.05, 3.63) is 71.7 Å². The number of carbonyl (C=O) groups is 2. The minimum atomic E-state index is -0.364. The predicted octanol–water partition coefficient (Wildman–Crippen LogP) is 6.25. The van der Waals surface area contributed by atoms with Crippen molar-refractivity contribution in [1.82, 2.24) is 15.1 Å². The van der Waals surface area contributed by atoms with Gasteiger partial charge in [-0.2, -0.15) is 5.10 Å². The minimum Gasteiger partial charge on any atom is -0.490 e. The first-order valence-electron chi connectivity index (χ1n) is 15.0. The zero-order valence-electron chi connectivity index (χ0n) is 24.9. The molecule has 2 aromatic carbocycles. The average molecular weight is 579 g/mol. The van der Waals surface area contributed by atoms with E-state index in [0.717, 1.165) is 57.3 Å². The van der Waals surface area contributed by atoms with Crippen LogP contribution in [0.25, 0.3) is 5.69 Å². The first-order chi connectivity index (χ1) is 20.2. The SMILES string of the molecule is CC(C)C.Nc1c(C(=O)c2cccc(OC3CCC(NCC(=O)OC4CCCC4)CC3)c2)cnn1-c1ccc(F)cc1. The Balaban J connectivity index is 0.000000952. The normalized spacial score (nSPS) is 18.8. The van der Waals surface area contributed by atoms with Crippen molar-refractivity contribution in [2.75, 3.05) is 12.3 Å². The Labute approximate surface area is 247 Å². The number of esters is 1. The Bertz CT molecular complexity index is 1310. The lowest BCUT2D eigenvalue weighted by Crippen LogP contribution is -2.39. The van der Waals surface area contributed by atoms with E-state index in [1.165, 1.54) is 23.0 Å². The van der Waals surface area contributed by atoms with Crippen molar-refractivity contribution >= 4 is 17.6 Å². The summed E-state index contributed by atoms with van der Waals surface area (Å²) in [5.41, 5.74) is 7.50. The molecule has 2 aliphatic carbocycles. The van der Waals surface area contributed by atoms with E-state index in [1.807, 2.05) is 6.07 Å². The predicted molar refractivity (Wildman–Crippen MR) is 161 cm³/mol. The summed E-state index contributed by atoms with van der Waals surface area (Å²) in [6.07, 6.45) is 9.31. The lowest BCUT2D eigenvalue weighted by molar-refractivity contribution is -0.147. The number of halogens is 1. The van der Waals surface area contributed by atoms with Gasteiger partial charge < -0.3 is 20.5 Å². The molecule has 1 aromatic heterocycles. The fraction of sp³-hybridized carbons (Fsp3) is 0.485. The van der Waals surface area contributed by atoms with Crippen LogP contribution in [0, 0.1) is 11.7 Å². The van der Waals surface area contributed by atoms with Gasteiger partial charge in [-0.3, -0.25) is 9.59 Å². The van der Waals surface area contributed by atoms with E-state index in [0.29, 0.717) is 17.0 Å². The highest BCUT2D eigenvalue weighted by molar-refractivity contribution is 6.11. The second-order valence-electron chi connectivity index (χ2n) is 11.8. The van der Waals surface area contributed by atoms with Crippen LogP contribution in [0.5, 0.6) is 5.75 Å². The van der Waals surface area contributed by atoms with E-state index >= 15 is 0 Å². The van der Waals surface area contributed by atoms with Crippen LogP contribution in [0.2, 0.25) is 0 Å². The molecule has 0 radical (unpaired) electrons. The molecular weight excluding hydrogens is 535 g/mol. The van der Waals surface area contributed by atoms with Crippen molar-refractivity contribution in [1.29, 1.82) is 0 Å². The molecule has 2 fully saturated rings. The molecule has 2 saturated carbocycles. The van der Waals surface area contributed by atoms with Gasteiger partial charge in [0.2, 0.25) is 0 Å². The summed E-state index contributed by atoms with van der Waals surface area (Å²) >= 11 is 0. The number of ketones is 1. The zero-order chi connectivity index (χ0) is 30.1. The number of anilines is 1. The van der Waals surface area contributed by atoms with Crippen LogP contribution in [-0.2, 0) is 9.53 Å². The first-order valence-corrected chi connectivity index (χ1v) is 15.0. The molecule has 0 amide bonds. The van der Waals surface area contributed by atoms with Gasteiger partial charge in [-0.1, -0.05) is 32.9 Å². The van der Waals surface area contributed by atoms with Crippen molar-refractivity contribution in [3.8, 4) is 11.4 Å². The summed E-state index contributed by atoms with van der Waals surface area (Å²) in [6.45, 7) is 6.75. The second-order valence-corrected chi connectivity index (χ2v) is 11.8. The third-order valence-corrected chi connectivity index (χ3v) is 7.33. The molecular formula is C33H43FN4O4. The number of nitrogens with two attached hydrogens (primary N) is 1. The van der Waals surface area contributed by atoms with Crippen LogP contribution in [-0.4, -0.2) is 46.3 Å². The van der Waals surface area contributed by atoms with E-state index in [-0.39, 0.29) is 53.7 Å². The Hall–Kier alpha value is -3.72. The van der Waals surface area contributed by atoms with Crippen LogP contribution in [0.3, 0.4) is 0 Å². The van der Waals surface area contributed by atoms with Gasteiger partial charge >= 0.3 is 5.97 Å². The van der Waals surface area contributed by atoms with Crippen molar-refractivity contribution < 1.29 is 23.5 Å². The molecule has 3 N–H and O–H groups in total. The van der Waals surface area contributed by atoms with Crippen LogP contribution in [0.1, 0.15) is 88.1 Å². The van der Waals surface area contributed by atoms with Gasteiger partial charge in [0.25, 0.3) is 0 Å². The fourth-order valence-corrected chi connectivity index (χ4v) is 5.23. The van der Waals surface area contributed by atoms with Gasteiger partial charge in [0.05, 0.1) is 30.1 Å². The van der Waals surface area contributed by atoms with Gasteiger partial charge in [-0.25, -0.2) is 9.07 Å². The zero-order valence-corrected chi connectivity index (χ0v) is 24.9.